The van der Waals surface area contributed by atoms with Crippen LogP contribution in [0.5, 0.6) is 0 Å². The van der Waals surface area contributed by atoms with Gasteiger partial charge in [-0.25, -0.2) is 4.99 Å². The van der Waals surface area contributed by atoms with Crippen molar-refractivity contribution in [3.63, 3.8) is 0 Å². The SMILES string of the molecule is CC1=NC(n2c3ccccc3c3ccccc32)=NC(c2ccc3oc4ccc(C)cc4c3c2)N1C. The number of para-hydroxylation sites is 2. The summed E-state index contributed by atoms with van der Waals surface area (Å²) in [7, 11) is 2.05. The molecule has 0 amide bonds. The summed E-state index contributed by atoms with van der Waals surface area (Å²) in [5.41, 5.74) is 6.35. The first kappa shape index (κ1) is 20.0. The van der Waals surface area contributed by atoms with E-state index < -0.39 is 0 Å². The molecule has 5 nitrogen and oxygen atoms in total. The zero-order valence-electron chi connectivity index (χ0n) is 19.9. The summed E-state index contributed by atoms with van der Waals surface area (Å²) in [5.74, 6) is 1.63. The lowest BCUT2D eigenvalue weighted by Crippen LogP contribution is -2.34. The highest BCUT2D eigenvalue weighted by Crippen LogP contribution is 2.35. The number of hydrogen-bond acceptors (Lipinski definition) is 4. The highest BCUT2D eigenvalue weighted by atomic mass is 16.3. The summed E-state index contributed by atoms with van der Waals surface area (Å²) >= 11 is 0. The Morgan fingerprint density at radius 1 is 0.714 bits per heavy atom. The quantitative estimate of drug-likeness (QED) is 0.261. The molecule has 0 radical (unpaired) electrons. The van der Waals surface area contributed by atoms with Crippen LogP contribution in [-0.2, 0) is 0 Å². The number of benzene rings is 4. The molecule has 0 saturated heterocycles. The molecular weight excluding hydrogens is 432 g/mol. The highest BCUT2D eigenvalue weighted by molar-refractivity contribution is 6.15. The molecule has 6 aromatic rings. The summed E-state index contributed by atoms with van der Waals surface area (Å²) in [6, 6.07) is 29.6. The fourth-order valence-corrected chi connectivity index (χ4v) is 5.24. The average Bonchev–Trinajstić information content (AvgIpc) is 3.41. The van der Waals surface area contributed by atoms with Crippen LogP contribution in [0.1, 0.15) is 24.2 Å². The molecule has 0 fully saturated rings. The lowest BCUT2D eigenvalue weighted by atomic mass is 10.1. The third-order valence-electron chi connectivity index (χ3n) is 7.10. The van der Waals surface area contributed by atoms with Gasteiger partial charge >= 0.3 is 0 Å². The van der Waals surface area contributed by atoms with E-state index in [1.165, 1.54) is 16.3 Å². The number of aromatic nitrogens is 1. The van der Waals surface area contributed by atoms with E-state index in [-0.39, 0.29) is 6.17 Å². The maximum absolute atomic E-state index is 6.10. The van der Waals surface area contributed by atoms with Crippen LogP contribution in [0.3, 0.4) is 0 Å². The number of aliphatic imine (C=N–C) groups is 2. The normalized spacial score (nSPS) is 16.4. The van der Waals surface area contributed by atoms with E-state index in [1.807, 2.05) is 13.0 Å². The molecule has 7 rings (SSSR count). The van der Waals surface area contributed by atoms with Crippen molar-refractivity contribution in [2.45, 2.75) is 20.0 Å². The van der Waals surface area contributed by atoms with Gasteiger partial charge in [0.05, 0.1) is 11.0 Å². The number of rotatable bonds is 1. The molecule has 0 bridgehead atoms. The van der Waals surface area contributed by atoms with Crippen LogP contribution >= 0.6 is 0 Å². The topological polar surface area (TPSA) is 46.0 Å². The van der Waals surface area contributed by atoms with E-state index in [2.05, 4.69) is 102 Å². The Morgan fingerprint density at radius 3 is 2.06 bits per heavy atom. The first-order valence-electron chi connectivity index (χ1n) is 11.9. The van der Waals surface area contributed by atoms with Crippen LogP contribution < -0.4 is 0 Å². The van der Waals surface area contributed by atoms with Crippen molar-refractivity contribution in [2.24, 2.45) is 9.98 Å². The average molecular weight is 457 g/mol. The first-order valence-corrected chi connectivity index (χ1v) is 11.9. The highest BCUT2D eigenvalue weighted by Gasteiger charge is 2.26. The van der Waals surface area contributed by atoms with Crippen molar-refractivity contribution >= 4 is 55.5 Å². The van der Waals surface area contributed by atoms with Gasteiger partial charge in [0.1, 0.15) is 17.0 Å². The van der Waals surface area contributed by atoms with Crippen LogP contribution in [0.15, 0.2) is 99.3 Å². The predicted octanol–water partition coefficient (Wildman–Crippen LogP) is 7.27. The minimum atomic E-state index is -0.193. The molecule has 0 aliphatic carbocycles. The van der Waals surface area contributed by atoms with Gasteiger partial charge in [-0.15, -0.1) is 0 Å². The van der Waals surface area contributed by atoms with Crippen molar-refractivity contribution in [2.75, 3.05) is 7.05 Å². The fraction of sp³-hybridized carbons (Fsp3) is 0.133. The van der Waals surface area contributed by atoms with Crippen molar-refractivity contribution in [1.82, 2.24) is 9.47 Å². The molecule has 35 heavy (non-hydrogen) atoms. The van der Waals surface area contributed by atoms with Crippen molar-refractivity contribution < 1.29 is 4.42 Å². The van der Waals surface area contributed by atoms with Crippen LogP contribution in [-0.4, -0.2) is 28.3 Å². The fourth-order valence-electron chi connectivity index (χ4n) is 5.24. The number of amidine groups is 1. The molecule has 170 valence electrons. The second-order valence-electron chi connectivity index (χ2n) is 9.30. The van der Waals surface area contributed by atoms with E-state index in [0.717, 1.165) is 44.4 Å². The molecule has 4 aromatic carbocycles. The Morgan fingerprint density at radius 2 is 1.34 bits per heavy atom. The van der Waals surface area contributed by atoms with Crippen LogP contribution in [0.2, 0.25) is 0 Å². The zero-order chi connectivity index (χ0) is 23.7. The Hall–Kier alpha value is -4.38. The Labute approximate surface area is 202 Å². The van der Waals surface area contributed by atoms with Gasteiger partial charge in [0.2, 0.25) is 5.96 Å². The van der Waals surface area contributed by atoms with E-state index in [0.29, 0.717) is 5.96 Å². The monoisotopic (exact) mass is 456 g/mol. The lowest BCUT2D eigenvalue weighted by Gasteiger charge is -2.31. The number of nitrogens with zero attached hydrogens (tertiary/aromatic N) is 4. The van der Waals surface area contributed by atoms with Crippen molar-refractivity contribution in [1.29, 1.82) is 0 Å². The molecule has 3 heterocycles. The summed E-state index contributed by atoms with van der Waals surface area (Å²) < 4.78 is 8.28. The summed E-state index contributed by atoms with van der Waals surface area (Å²) in [4.78, 5) is 12.3. The Kier molecular flexibility index (Phi) is 4.18. The number of aryl methyl sites for hydroxylation is 1. The maximum Gasteiger partial charge on any atom is 0.234 e. The number of fused-ring (bicyclic) bond motifs is 6. The molecule has 5 heteroatoms. The molecule has 2 aromatic heterocycles. The third kappa shape index (κ3) is 2.94. The summed E-state index contributed by atoms with van der Waals surface area (Å²) in [5, 5.41) is 4.66. The van der Waals surface area contributed by atoms with E-state index in [9.17, 15) is 0 Å². The molecule has 1 aliphatic rings. The van der Waals surface area contributed by atoms with Crippen LogP contribution in [0.4, 0.5) is 0 Å². The molecule has 0 spiro atoms. The Bertz CT molecular complexity index is 1800. The molecule has 0 N–H and O–H groups in total. The van der Waals surface area contributed by atoms with Gasteiger partial charge < -0.3 is 9.32 Å². The summed E-state index contributed by atoms with van der Waals surface area (Å²) in [6.45, 7) is 4.16. The largest absolute Gasteiger partial charge is 0.456 e. The lowest BCUT2D eigenvalue weighted by molar-refractivity contribution is 0.378. The van der Waals surface area contributed by atoms with E-state index in [4.69, 9.17) is 14.4 Å². The van der Waals surface area contributed by atoms with Gasteiger partial charge in [-0.1, -0.05) is 54.1 Å². The van der Waals surface area contributed by atoms with Gasteiger partial charge in [-0.2, -0.15) is 4.99 Å². The van der Waals surface area contributed by atoms with Crippen molar-refractivity contribution in [3.05, 3.63) is 96.1 Å². The predicted molar refractivity (Wildman–Crippen MR) is 144 cm³/mol. The van der Waals surface area contributed by atoms with Gasteiger partial charge in [-0.3, -0.25) is 4.57 Å². The third-order valence-corrected chi connectivity index (χ3v) is 7.10. The molecular formula is C30H24N4O. The first-order chi connectivity index (χ1) is 17.1. The van der Waals surface area contributed by atoms with Gasteiger partial charge in [0.25, 0.3) is 0 Å². The maximum atomic E-state index is 6.10. The van der Waals surface area contributed by atoms with Gasteiger partial charge in [0, 0.05) is 28.6 Å². The molecule has 1 atom stereocenters. The standard InChI is InChI=1S/C30H24N4O/c1-18-12-14-27-23(16-18)24-17-20(13-15-28(24)35-27)29-32-30(31-19(2)33(29)3)34-25-10-6-4-8-21(25)22-9-5-7-11-26(22)34/h4-17,29H,1-3H3. The minimum Gasteiger partial charge on any atom is -0.456 e. The number of furan rings is 1. The minimum absolute atomic E-state index is 0.193. The van der Waals surface area contributed by atoms with Gasteiger partial charge in [0.15, 0.2) is 6.17 Å². The van der Waals surface area contributed by atoms with Gasteiger partial charge in [-0.05, 0) is 55.8 Å². The Balaban J connectivity index is 1.44. The molecule has 0 saturated carbocycles. The smallest absolute Gasteiger partial charge is 0.234 e. The summed E-state index contributed by atoms with van der Waals surface area (Å²) in [6.07, 6.45) is -0.193. The molecule has 1 unspecified atom stereocenters. The van der Waals surface area contributed by atoms with Crippen LogP contribution in [0, 0.1) is 6.92 Å². The molecule has 1 aliphatic heterocycles. The van der Waals surface area contributed by atoms with E-state index >= 15 is 0 Å². The van der Waals surface area contributed by atoms with E-state index in [1.54, 1.807) is 0 Å². The van der Waals surface area contributed by atoms with Crippen LogP contribution in [0.25, 0.3) is 43.7 Å². The second-order valence-corrected chi connectivity index (χ2v) is 9.30. The number of hydrogen-bond donors (Lipinski definition) is 0. The zero-order valence-corrected chi connectivity index (χ0v) is 19.9. The second kappa shape index (κ2) is 7.31. The van der Waals surface area contributed by atoms with Crippen molar-refractivity contribution in [3.8, 4) is 0 Å².